The number of aliphatic imine (C=N–C) groups is 1. The molecule has 5 nitrogen and oxygen atoms in total. The highest BCUT2D eigenvalue weighted by Gasteiger charge is 2.03. The average molecular weight is 174 g/mol. The van der Waals surface area contributed by atoms with Crippen molar-refractivity contribution < 1.29 is 0 Å². The Morgan fingerprint density at radius 1 is 1.73 bits per heavy atom. The van der Waals surface area contributed by atoms with E-state index >= 15 is 0 Å². The molecule has 0 aliphatic heterocycles. The summed E-state index contributed by atoms with van der Waals surface area (Å²) < 4.78 is 1.48. The fourth-order valence-electron chi connectivity index (χ4n) is 0.625. The molecule has 60 valence electrons. The molecule has 0 radical (unpaired) electrons. The van der Waals surface area contributed by atoms with Crippen LogP contribution in [-0.4, -0.2) is 15.7 Å². The van der Waals surface area contributed by atoms with E-state index in [2.05, 4.69) is 10.1 Å². The summed E-state index contributed by atoms with van der Waals surface area (Å²) in [5.74, 6) is -0.0279. The minimum absolute atomic E-state index is 0.0279. The molecule has 4 N–H and O–H groups in total. The van der Waals surface area contributed by atoms with Gasteiger partial charge in [-0.3, -0.25) is 4.68 Å². The Balaban J connectivity index is 3.06. The Bertz CT molecular complexity index is 285. The van der Waals surface area contributed by atoms with E-state index in [0.717, 1.165) is 0 Å². The summed E-state index contributed by atoms with van der Waals surface area (Å²) in [4.78, 5) is 3.74. The van der Waals surface area contributed by atoms with Crippen LogP contribution >= 0.6 is 11.6 Å². The van der Waals surface area contributed by atoms with Crippen molar-refractivity contribution in [3.05, 3.63) is 11.3 Å². The van der Waals surface area contributed by atoms with Crippen molar-refractivity contribution in [1.29, 1.82) is 0 Å². The zero-order chi connectivity index (χ0) is 8.43. The molecule has 0 aliphatic carbocycles. The minimum atomic E-state index is -0.0279. The molecule has 1 aromatic rings. The number of hydrogen-bond donors (Lipinski definition) is 2. The standard InChI is InChI=1S/C5H8ClN5/c1-11-4(6)3(2-9-11)10-5(7)8/h2H,1H3,(H4,7,8,10). The number of hydrogen-bond acceptors (Lipinski definition) is 2. The molecular weight excluding hydrogens is 166 g/mol. The lowest BCUT2D eigenvalue weighted by Crippen LogP contribution is -2.21. The monoisotopic (exact) mass is 173 g/mol. The average Bonchev–Trinajstić information content (AvgIpc) is 2.18. The first kappa shape index (κ1) is 7.87. The number of aromatic nitrogens is 2. The zero-order valence-electron chi connectivity index (χ0n) is 5.95. The normalized spacial score (nSPS) is 9.64. The summed E-state index contributed by atoms with van der Waals surface area (Å²) in [6.45, 7) is 0. The second-order valence-corrected chi connectivity index (χ2v) is 2.34. The second kappa shape index (κ2) is 2.79. The van der Waals surface area contributed by atoms with E-state index < -0.39 is 0 Å². The lowest BCUT2D eigenvalue weighted by Gasteiger charge is -1.91. The van der Waals surface area contributed by atoms with Crippen molar-refractivity contribution in [1.82, 2.24) is 9.78 Å². The molecule has 1 aromatic heterocycles. The zero-order valence-corrected chi connectivity index (χ0v) is 6.71. The third kappa shape index (κ3) is 1.62. The molecule has 0 saturated carbocycles. The molecule has 0 aliphatic rings. The van der Waals surface area contributed by atoms with E-state index in [4.69, 9.17) is 23.1 Å². The van der Waals surface area contributed by atoms with E-state index in [1.165, 1.54) is 10.9 Å². The fourth-order valence-corrected chi connectivity index (χ4v) is 0.760. The van der Waals surface area contributed by atoms with Gasteiger partial charge < -0.3 is 11.5 Å². The van der Waals surface area contributed by atoms with Gasteiger partial charge in [-0.2, -0.15) is 5.10 Å². The molecule has 0 unspecified atom stereocenters. The van der Waals surface area contributed by atoms with Crippen LogP contribution in [0.25, 0.3) is 0 Å². The van der Waals surface area contributed by atoms with Gasteiger partial charge in [0.15, 0.2) is 11.1 Å². The molecule has 0 bridgehead atoms. The van der Waals surface area contributed by atoms with Crippen molar-refractivity contribution in [2.75, 3.05) is 0 Å². The van der Waals surface area contributed by atoms with Crippen molar-refractivity contribution in [2.24, 2.45) is 23.5 Å². The van der Waals surface area contributed by atoms with Crippen LogP contribution in [0.2, 0.25) is 5.15 Å². The fraction of sp³-hybridized carbons (Fsp3) is 0.200. The number of rotatable bonds is 1. The summed E-state index contributed by atoms with van der Waals surface area (Å²) in [6.07, 6.45) is 1.49. The first-order chi connectivity index (χ1) is 5.11. The first-order valence-corrected chi connectivity index (χ1v) is 3.26. The Morgan fingerprint density at radius 3 is 2.73 bits per heavy atom. The molecule has 0 fully saturated rings. The Labute approximate surface area is 68.6 Å². The summed E-state index contributed by atoms with van der Waals surface area (Å²) in [6, 6.07) is 0. The lowest BCUT2D eigenvalue weighted by atomic mass is 10.6. The maximum atomic E-state index is 5.74. The number of halogens is 1. The molecule has 1 heterocycles. The Kier molecular flexibility index (Phi) is 2.00. The summed E-state index contributed by atoms with van der Waals surface area (Å²) >= 11 is 5.74. The molecule has 0 amide bonds. The van der Waals surface area contributed by atoms with Crippen LogP contribution in [0.5, 0.6) is 0 Å². The van der Waals surface area contributed by atoms with Gasteiger partial charge in [-0.25, -0.2) is 4.99 Å². The number of aryl methyl sites for hydroxylation is 1. The van der Waals surface area contributed by atoms with Gasteiger partial charge in [0.1, 0.15) is 5.69 Å². The molecule has 11 heavy (non-hydrogen) atoms. The van der Waals surface area contributed by atoms with Gasteiger partial charge in [0, 0.05) is 7.05 Å². The van der Waals surface area contributed by atoms with E-state index in [1.54, 1.807) is 7.05 Å². The van der Waals surface area contributed by atoms with E-state index in [9.17, 15) is 0 Å². The second-order valence-electron chi connectivity index (χ2n) is 1.98. The van der Waals surface area contributed by atoms with E-state index in [1.807, 2.05) is 0 Å². The molecule has 0 saturated heterocycles. The van der Waals surface area contributed by atoms with Gasteiger partial charge in [-0.05, 0) is 0 Å². The number of guanidine groups is 1. The quantitative estimate of drug-likeness (QED) is 0.463. The lowest BCUT2D eigenvalue weighted by molar-refractivity contribution is 0.769. The van der Waals surface area contributed by atoms with Crippen LogP contribution in [0.3, 0.4) is 0 Å². The first-order valence-electron chi connectivity index (χ1n) is 2.88. The third-order valence-corrected chi connectivity index (χ3v) is 1.54. The highest BCUT2D eigenvalue weighted by Crippen LogP contribution is 2.22. The van der Waals surface area contributed by atoms with Crippen molar-refractivity contribution in [3.63, 3.8) is 0 Å². The van der Waals surface area contributed by atoms with Crippen molar-refractivity contribution in [2.45, 2.75) is 0 Å². The largest absolute Gasteiger partial charge is 0.370 e. The van der Waals surface area contributed by atoms with Crippen LogP contribution < -0.4 is 11.5 Å². The highest BCUT2D eigenvalue weighted by atomic mass is 35.5. The predicted molar refractivity (Wildman–Crippen MR) is 43.7 cm³/mol. The third-order valence-electron chi connectivity index (χ3n) is 1.10. The summed E-state index contributed by atoms with van der Waals surface area (Å²) in [5.41, 5.74) is 10.8. The van der Waals surface area contributed by atoms with Crippen LogP contribution in [0, 0.1) is 0 Å². The molecular formula is C5H8ClN5. The molecule has 0 atom stereocenters. The van der Waals surface area contributed by atoms with Gasteiger partial charge in [-0.1, -0.05) is 11.6 Å². The maximum absolute atomic E-state index is 5.74. The molecule has 0 spiro atoms. The Hall–Kier alpha value is -1.23. The maximum Gasteiger partial charge on any atom is 0.191 e. The topological polar surface area (TPSA) is 82.2 Å². The van der Waals surface area contributed by atoms with Crippen LogP contribution in [-0.2, 0) is 7.05 Å². The van der Waals surface area contributed by atoms with Crippen LogP contribution in [0.15, 0.2) is 11.2 Å². The minimum Gasteiger partial charge on any atom is -0.370 e. The Morgan fingerprint density at radius 2 is 2.36 bits per heavy atom. The van der Waals surface area contributed by atoms with E-state index in [-0.39, 0.29) is 5.96 Å². The van der Waals surface area contributed by atoms with Crippen LogP contribution in [0.1, 0.15) is 0 Å². The summed E-state index contributed by atoms with van der Waals surface area (Å²) in [5, 5.41) is 4.25. The predicted octanol–water partition coefficient (Wildman–Crippen LogP) is -0.0216. The number of nitrogens with two attached hydrogens (primary N) is 2. The molecule has 1 rings (SSSR count). The van der Waals surface area contributed by atoms with Crippen molar-refractivity contribution in [3.8, 4) is 0 Å². The smallest absolute Gasteiger partial charge is 0.191 e. The van der Waals surface area contributed by atoms with Gasteiger partial charge in [0.25, 0.3) is 0 Å². The molecule has 0 aromatic carbocycles. The number of nitrogens with zero attached hydrogens (tertiary/aromatic N) is 3. The SMILES string of the molecule is Cn1ncc(N=C(N)N)c1Cl. The van der Waals surface area contributed by atoms with Gasteiger partial charge >= 0.3 is 0 Å². The van der Waals surface area contributed by atoms with Gasteiger partial charge in [0.05, 0.1) is 6.20 Å². The van der Waals surface area contributed by atoms with Crippen LogP contribution in [0.4, 0.5) is 5.69 Å². The van der Waals surface area contributed by atoms with E-state index in [0.29, 0.717) is 10.8 Å². The summed E-state index contributed by atoms with van der Waals surface area (Å²) in [7, 11) is 1.70. The highest BCUT2D eigenvalue weighted by molar-refractivity contribution is 6.32. The molecule has 6 heteroatoms. The van der Waals surface area contributed by atoms with Gasteiger partial charge in [-0.15, -0.1) is 0 Å². The van der Waals surface area contributed by atoms with Gasteiger partial charge in [0.2, 0.25) is 0 Å². The van der Waals surface area contributed by atoms with Crippen molar-refractivity contribution >= 4 is 23.2 Å².